The van der Waals surface area contributed by atoms with Gasteiger partial charge in [-0.2, -0.15) is 0 Å². The maximum absolute atomic E-state index is 11.5. The average Bonchev–Trinajstić information content (AvgIpc) is 2.46. The van der Waals surface area contributed by atoms with Crippen molar-refractivity contribution in [2.45, 2.75) is 39.5 Å². The molecule has 1 saturated heterocycles. The lowest BCUT2D eigenvalue weighted by molar-refractivity contribution is 0.0696. The van der Waals surface area contributed by atoms with Crippen LogP contribution in [0.3, 0.4) is 0 Å². The minimum absolute atomic E-state index is 0.382. The maximum Gasteiger partial charge on any atom is 0.338 e. The van der Waals surface area contributed by atoms with E-state index in [-0.39, 0.29) is 0 Å². The van der Waals surface area contributed by atoms with Crippen LogP contribution in [0.1, 0.15) is 49.9 Å². The van der Waals surface area contributed by atoms with E-state index in [1.54, 1.807) is 6.07 Å². The standard InChI is InChI=1S/C16H22BrNO2/c1-3-16(4-2)8-10-18(11-9-16)13-7-5-6-12(17)14(13)15(19)20/h5-7H,3-4,8-11H2,1-2H3,(H,19,20). The predicted octanol–water partition coefficient (Wildman–Crippen LogP) is 4.55. The van der Waals surface area contributed by atoms with Gasteiger partial charge in [0.15, 0.2) is 0 Å². The number of rotatable bonds is 4. The number of halogens is 1. The summed E-state index contributed by atoms with van der Waals surface area (Å²) in [5.41, 5.74) is 1.67. The second-order valence-corrected chi connectivity index (χ2v) is 6.49. The molecule has 0 atom stereocenters. The molecule has 1 aliphatic heterocycles. The number of carboxylic acid groups (broad SMARTS) is 1. The third-order valence-corrected chi connectivity index (χ3v) is 5.53. The van der Waals surface area contributed by atoms with E-state index < -0.39 is 5.97 Å². The summed E-state index contributed by atoms with van der Waals surface area (Å²) < 4.78 is 0.658. The van der Waals surface area contributed by atoms with Crippen LogP contribution in [0.4, 0.5) is 5.69 Å². The Hall–Kier alpha value is -1.03. The van der Waals surface area contributed by atoms with Gasteiger partial charge in [-0.05, 0) is 46.3 Å². The lowest BCUT2D eigenvalue weighted by Gasteiger charge is -2.42. The van der Waals surface area contributed by atoms with E-state index in [0.717, 1.165) is 31.6 Å². The molecular formula is C16H22BrNO2. The van der Waals surface area contributed by atoms with Gasteiger partial charge in [-0.25, -0.2) is 4.79 Å². The van der Waals surface area contributed by atoms with Gasteiger partial charge in [-0.15, -0.1) is 0 Å². The highest BCUT2D eigenvalue weighted by atomic mass is 79.9. The molecule has 1 N–H and O–H groups in total. The lowest BCUT2D eigenvalue weighted by Crippen LogP contribution is -2.40. The van der Waals surface area contributed by atoms with E-state index in [1.807, 2.05) is 12.1 Å². The van der Waals surface area contributed by atoms with E-state index in [4.69, 9.17) is 0 Å². The highest BCUT2D eigenvalue weighted by Crippen LogP contribution is 2.40. The minimum atomic E-state index is -0.865. The fourth-order valence-electron chi connectivity index (χ4n) is 3.17. The third-order valence-electron chi connectivity index (χ3n) is 4.87. The van der Waals surface area contributed by atoms with Gasteiger partial charge in [0.25, 0.3) is 0 Å². The number of carboxylic acids is 1. The molecule has 0 amide bonds. The molecule has 1 aliphatic rings. The molecule has 20 heavy (non-hydrogen) atoms. The normalized spacial score (nSPS) is 18.1. The van der Waals surface area contributed by atoms with Crippen LogP contribution in [-0.4, -0.2) is 24.2 Å². The van der Waals surface area contributed by atoms with E-state index in [2.05, 4.69) is 34.7 Å². The molecule has 0 spiro atoms. The van der Waals surface area contributed by atoms with Gasteiger partial charge >= 0.3 is 5.97 Å². The maximum atomic E-state index is 11.5. The fraction of sp³-hybridized carbons (Fsp3) is 0.562. The van der Waals surface area contributed by atoms with Crippen molar-refractivity contribution in [3.63, 3.8) is 0 Å². The first-order valence-electron chi connectivity index (χ1n) is 7.30. The van der Waals surface area contributed by atoms with Crippen LogP contribution in [0.5, 0.6) is 0 Å². The molecule has 4 heteroatoms. The quantitative estimate of drug-likeness (QED) is 0.874. The third kappa shape index (κ3) is 2.85. The van der Waals surface area contributed by atoms with E-state index >= 15 is 0 Å². The molecule has 1 heterocycles. The van der Waals surface area contributed by atoms with Crippen LogP contribution in [-0.2, 0) is 0 Å². The first-order valence-corrected chi connectivity index (χ1v) is 8.09. The van der Waals surface area contributed by atoms with Crippen molar-refractivity contribution in [3.8, 4) is 0 Å². The molecule has 1 fully saturated rings. The SMILES string of the molecule is CCC1(CC)CCN(c2cccc(Br)c2C(=O)O)CC1. The summed E-state index contributed by atoms with van der Waals surface area (Å²) >= 11 is 3.36. The predicted molar refractivity (Wildman–Crippen MR) is 85.6 cm³/mol. The fourth-order valence-corrected chi connectivity index (χ4v) is 3.69. The first-order chi connectivity index (χ1) is 9.53. The minimum Gasteiger partial charge on any atom is -0.478 e. The van der Waals surface area contributed by atoms with Crippen molar-refractivity contribution in [2.24, 2.45) is 5.41 Å². The van der Waals surface area contributed by atoms with Gasteiger partial charge in [0.05, 0.1) is 11.3 Å². The van der Waals surface area contributed by atoms with Crippen LogP contribution in [0, 0.1) is 5.41 Å². The number of benzene rings is 1. The van der Waals surface area contributed by atoms with Crippen molar-refractivity contribution in [1.82, 2.24) is 0 Å². The van der Waals surface area contributed by atoms with Crippen LogP contribution in [0.15, 0.2) is 22.7 Å². The number of hydrogen-bond donors (Lipinski definition) is 1. The zero-order valence-corrected chi connectivity index (χ0v) is 13.7. The molecule has 3 nitrogen and oxygen atoms in total. The van der Waals surface area contributed by atoms with Crippen molar-refractivity contribution in [1.29, 1.82) is 0 Å². The highest BCUT2D eigenvalue weighted by Gasteiger charge is 2.32. The van der Waals surface area contributed by atoms with E-state index in [9.17, 15) is 9.90 Å². The Morgan fingerprint density at radius 1 is 1.30 bits per heavy atom. The molecule has 0 aromatic heterocycles. The Balaban J connectivity index is 2.23. The zero-order chi connectivity index (χ0) is 14.8. The number of aromatic carboxylic acids is 1. The molecule has 0 aliphatic carbocycles. The molecule has 0 unspecified atom stereocenters. The molecule has 0 saturated carbocycles. The Labute approximate surface area is 129 Å². The number of piperidine rings is 1. The Kier molecular flexibility index (Phi) is 4.74. The van der Waals surface area contributed by atoms with E-state index in [1.165, 1.54) is 12.8 Å². The lowest BCUT2D eigenvalue weighted by atomic mass is 9.74. The van der Waals surface area contributed by atoms with Gasteiger partial charge in [-0.3, -0.25) is 0 Å². The van der Waals surface area contributed by atoms with Gasteiger partial charge < -0.3 is 10.0 Å². The first kappa shape index (κ1) is 15.4. The summed E-state index contributed by atoms with van der Waals surface area (Å²) in [5, 5.41) is 9.42. The molecule has 1 aromatic carbocycles. The monoisotopic (exact) mass is 339 g/mol. The topological polar surface area (TPSA) is 40.5 Å². The second-order valence-electron chi connectivity index (χ2n) is 5.63. The van der Waals surface area contributed by atoms with Gasteiger partial charge in [-0.1, -0.05) is 32.8 Å². The zero-order valence-electron chi connectivity index (χ0n) is 12.2. The van der Waals surface area contributed by atoms with Crippen LogP contribution < -0.4 is 4.90 Å². The number of hydrogen-bond acceptors (Lipinski definition) is 2. The summed E-state index contributed by atoms with van der Waals surface area (Å²) in [6.07, 6.45) is 4.71. The van der Waals surface area contributed by atoms with Crippen molar-refractivity contribution >= 4 is 27.6 Å². The molecule has 0 radical (unpaired) electrons. The van der Waals surface area contributed by atoms with Crippen molar-refractivity contribution < 1.29 is 9.90 Å². The molecule has 110 valence electrons. The number of anilines is 1. The smallest absolute Gasteiger partial charge is 0.338 e. The Morgan fingerprint density at radius 3 is 2.40 bits per heavy atom. The Bertz CT molecular complexity index is 487. The molecule has 2 rings (SSSR count). The van der Waals surface area contributed by atoms with Gasteiger partial charge in [0, 0.05) is 17.6 Å². The summed E-state index contributed by atoms with van der Waals surface area (Å²) in [5.74, 6) is -0.865. The summed E-state index contributed by atoms with van der Waals surface area (Å²) in [4.78, 5) is 13.7. The van der Waals surface area contributed by atoms with Crippen molar-refractivity contribution in [2.75, 3.05) is 18.0 Å². The van der Waals surface area contributed by atoms with Crippen molar-refractivity contribution in [3.05, 3.63) is 28.2 Å². The van der Waals surface area contributed by atoms with Crippen LogP contribution in [0.2, 0.25) is 0 Å². The Morgan fingerprint density at radius 2 is 1.90 bits per heavy atom. The second kappa shape index (κ2) is 6.17. The largest absolute Gasteiger partial charge is 0.478 e. The summed E-state index contributed by atoms with van der Waals surface area (Å²) in [7, 11) is 0. The average molecular weight is 340 g/mol. The van der Waals surface area contributed by atoms with Gasteiger partial charge in [0.2, 0.25) is 0 Å². The van der Waals surface area contributed by atoms with E-state index in [0.29, 0.717) is 15.5 Å². The van der Waals surface area contributed by atoms with Crippen LogP contribution in [0.25, 0.3) is 0 Å². The van der Waals surface area contributed by atoms with Crippen LogP contribution >= 0.6 is 15.9 Å². The molecular weight excluding hydrogens is 318 g/mol. The number of nitrogens with zero attached hydrogens (tertiary/aromatic N) is 1. The number of carbonyl (C=O) groups is 1. The molecule has 0 bridgehead atoms. The summed E-state index contributed by atoms with van der Waals surface area (Å²) in [6.45, 7) is 6.42. The van der Waals surface area contributed by atoms with Gasteiger partial charge in [0.1, 0.15) is 0 Å². The molecule has 1 aromatic rings. The highest BCUT2D eigenvalue weighted by molar-refractivity contribution is 9.10. The summed E-state index contributed by atoms with van der Waals surface area (Å²) in [6, 6.07) is 5.62.